The number of aliphatic hydroxyl groups is 2. The molecule has 1 saturated carbocycles. The van der Waals surface area contributed by atoms with Gasteiger partial charge in [0.25, 0.3) is 0 Å². The lowest BCUT2D eigenvalue weighted by molar-refractivity contribution is -0.142. The number of halogens is 1. The number of aromatic nitrogens is 9. The Morgan fingerprint density at radius 2 is 1.68 bits per heavy atom. The van der Waals surface area contributed by atoms with Crippen LogP contribution in [0.3, 0.4) is 0 Å². The van der Waals surface area contributed by atoms with Crippen LogP contribution in [0.25, 0.3) is 55.4 Å². The molecule has 82 heavy (non-hydrogen) atoms. The number of hydrogen-bond donors (Lipinski definition) is 5. The summed E-state index contributed by atoms with van der Waals surface area (Å²) >= 11 is 0. The molecule has 8 aromatic rings. The van der Waals surface area contributed by atoms with Crippen molar-refractivity contribution in [3.05, 3.63) is 113 Å². The van der Waals surface area contributed by atoms with E-state index in [-0.39, 0.29) is 68.5 Å². The first kappa shape index (κ1) is 54.7. The van der Waals surface area contributed by atoms with Gasteiger partial charge < -0.3 is 44.9 Å². The Morgan fingerprint density at radius 1 is 0.927 bits per heavy atom. The summed E-state index contributed by atoms with van der Waals surface area (Å²) < 4.78 is 38.5. The van der Waals surface area contributed by atoms with Crippen LogP contribution in [-0.2, 0) is 27.5 Å². The van der Waals surface area contributed by atoms with Crippen LogP contribution in [0.15, 0.2) is 85.3 Å². The van der Waals surface area contributed by atoms with Gasteiger partial charge in [0.1, 0.15) is 48.1 Å². The van der Waals surface area contributed by atoms with Crippen LogP contribution in [0.4, 0.5) is 10.2 Å². The van der Waals surface area contributed by atoms with E-state index in [1.54, 1.807) is 32.6 Å². The molecule has 1 aliphatic carbocycles. The zero-order valence-electron chi connectivity index (χ0n) is 47.1. The number of aromatic amines is 1. The van der Waals surface area contributed by atoms with Gasteiger partial charge in [0.15, 0.2) is 5.75 Å². The summed E-state index contributed by atoms with van der Waals surface area (Å²) in [7, 11) is 1.64. The monoisotopic (exact) mass is 1120 g/mol. The number of carbonyl (C=O) groups excluding carboxylic acids is 2. The number of carbonyl (C=O) groups is 2. The predicted octanol–water partition coefficient (Wildman–Crippen LogP) is 7.30. The largest absolute Gasteiger partial charge is 0.486 e. The van der Waals surface area contributed by atoms with E-state index < -0.39 is 30.1 Å². The second kappa shape index (κ2) is 22.8. The van der Waals surface area contributed by atoms with Crippen molar-refractivity contribution < 1.29 is 38.4 Å². The maximum atomic E-state index is 16.1. The van der Waals surface area contributed by atoms with Gasteiger partial charge in [-0.3, -0.25) is 19.4 Å². The van der Waals surface area contributed by atoms with Crippen molar-refractivity contribution in [1.29, 1.82) is 0 Å². The van der Waals surface area contributed by atoms with Gasteiger partial charge in [-0.25, -0.2) is 9.07 Å². The Balaban J connectivity index is 0.820. The fourth-order valence-electron chi connectivity index (χ4n) is 12.3. The number of nitrogens with zero attached hydrogens (tertiary/aromatic N) is 10. The highest BCUT2D eigenvalue weighted by molar-refractivity contribution is 6.06. The summed E-state index contributed by atoms with van der Waals surface area (Å²) in [6.45, 7) is 13.8. The van der Waals surface area contributed by atoms with Crippen LogP contribution >= 0.6 is 0 Å². The van der Waals surface area contributed by atoms with Gasteiger partial charge in [0.2, 0.25) is 11.8 Å². The number of ether oxygens (including phenoxy) is 3. The SMILES string of the molecule is CCn1nccc1-c1ccc([C@H](CO)NC(=O)[C@@H]2C[C@@H](O)CN2C(=O)[C@H](C(C)C)n2cc(-c3ccc(COc4c(-c5c(C)c(F)cc6[nH]ncc56)c(C5CC5)cc5c(N6CC7CNCC7C6)nc(OC[C@H](C)OC)nc45)cc3)nn2)cc1. The molecule has 0 spiro atoms. The highest BCUT2D eigenvalue weighted by atomic mass is 19.1. The van der Waals surface area contributed by atoms with Gasteiger partial charge in [0, 0.05) is 86.5 Å². The standard InChI is InChI=1S/C61H70FN13O7/c1-7-74-51(18-19-65-74)40-16-14-39(15-17-40)50(30-76)66-59(78)52-20-43(77)28-73(52)60(79)56(33(2)3)75-29-49(70-71-75)38-10-8-36(9-11-38)32-81-57-54(53-35(5)47(62)22-48-46(53)25-64-69-48)44(37-12-13-37)21-45-55(57)67-61(82-31-34(4)80-6)68-58(45)72-26-41-23-63-24-42(41)27-72/h8-11,14-19,21-22,25,29,33-34,37,41-43,50,52,56,63,76-77H,7,12-13,20,23-24,26-28,30-32H2,1-6H3,(H,64,69)(H,66,78)/t34-,41?,42?,43+,50-,52-,56-/m0/s1. The second-order valence-electron chi connectivity index (χ2n) is 22.9. The third-order valence-corrected chi connectivity index (χ3v) is 17.0. The van der Waals surface area contributed by atoms with Gasteiger partial charge in [-0.1, -0.05) is 67.6 Å². The maximum Gasteiger partial charge on any atom is 0.319 e. The number of H-pyrrole nitrogens is 1. The molecule has 7 heterocycles. The second-order valence-corrected chi connectivity index (χ2v) is 22.9. The Morgan fingerprint density at radius 3 is 2.39 bits per heavy atom. The average Bonchev–Trinajstić information content (AvgIpc) is 4.14. The van der Waals surface area contributed by atoms with Crippen LogP contribution < -0.4 is 25.0 Å². The highest BCUT2D eigenvalue weighted by Crippen LogP contribution is 2.53. The number of amides is 2. The molecule has 2 amide bonds. The van der Waals surface area contributed by atoms with Crippen molar-refractivity contribution >= 4 is 39.4 Å². The third-order valence-electron chi connectivity index (χ3n) is 17.0. The Labute approximate surface area is 474 Å². The van der Waals surface area contributed by atoms with Gasteiger partial charge in [-0.2, -0.15) is 20.2 Å². The van der Waals surface area contributed by atoms with Crippen molar-refractivity contribution in [3.8, 4) is 45.4 Å². The highest BCUT2D eigenvalue weighted by Gasteiger charge is 2.44. The van der Waals surface area contributed by atoms with Crippen molar-refractivity contribution in [3.63, 3.8) is 0 Å². The van der Waals surface area contributed by atoms with E-state index in [1.165, 1.54) is 15.6 Å². The first-order chi connectivity index (χ1) is 39.8. The number of fused-ring (bicyclic) bond motifs is 3. The van der Waals surface area contributed by atoms with Crippen molar-refractivity contribution in [2.45, 2.75) is 103 Å². The molecule has 4 aromatic heterocycles. The van der Waals surface area contributed by atoms with Gasteiger partial charge in [0.05, 0.1) is 48.5 Å². The first-order valence-corrected chi connectivity index (χ1v) is 28.6. The van der Waals surface area contributed by atoms with Gasteiger partial charge in [-0.05, 0) is 103 Å². The molecule has 4 fully saturated rings. The van der Waals surface area contributed by atoms with Crippen LogP contribution in [0.2, 0.25) is 0 Å². The van der Waals surface area contributed by atoms with E-state index in [0.717, 1.165) is 89.1 Å². The summed E-state index contributed by atoms with van der Waals surface area (Å²) in [5.74, 6) is 0.974. The van der Waals surface area contributed by atoms with Crippen LogP contribution in [0.1, 0.15) is 87.2 Å². The third kappa shape index (κ3) is 10.5. The molecule has 12 rings (SSSR count). The van der Waals surface area contributed by atoms with Crippen molar-refractivity contribution in [1.82, 2.24) is 60.5 Å². The zero-order chi connectivity index (χ0) is 56.9. The molecular formula is C61H70FN13O7. The summed E-state index contributed by atoms with van der Waals surface area (Å²) in [5, 5.41) is 50.2. The fourth-order valence-corrected chi connectivity index (χ4v) is 12.3. The minimum absolute atomic E-state index is 0.0389. The summed E-state index contributed by atoms with van der Waals surface area (Å²) in [4.78, 5) is 42.7. The smallest absolute Gasteiger partial charge is 0.319 e. The molecule has 20 nitrogen and oxygen atoms in total. The average molecular weight is 1120 g/mol. The van der Waals surface area contributed by atoms with Crippen LogP contribution in [-0.4, -0.2) is 143 Å². The first-order valence-electron chi connectivity index (χ1n) is 28.6. The Hall–Kier alpha value is -7.85. The minimum Gasteiger partial charge on any atom is -0.486 e. The molecule has 4 aliphatic rings. The molecule has 5 N–H and O–H groups in total. The number of β-amino-alcohol motifs (C(OH)–C–C–N with tert-alkyl or cyclic N) is 1. The molecule has 4 aromatic carbocycles. The number of likely N-dealkylation sites (tertiary alicyclic amines) is 1. The van der Waals surface area contributed by atoms with E-state index in [0.29, 0.717) is 57.5 Å². The Kier molecular flexibility index (Phi) is 15.2. The lowest BCUT2D eigenvalue weighted by Crippen LogP contribution is -2.50. The Bertz CT molecular complexity index is 3620. The van der Waals surface area contributed by atoms with E-state index >= 15 is 4.39 Å². The summed E-state index contributed by atoms with van der Waals surface area (Å²) in [6.07, 6.45) is 6.05. The van der Waals surface area contributed by atoms with E-state index in [1.807, 2.05) is 87.0 Å². The molecule has 428 valence electrons. The van der Waals surface area contributed by atoms with Gasteiger partial charge >= 0.3 is 6.01 Å². The fraction of sp³-hybridized carbons (Fsp3) is 0.443. The number of hydrogen-bond acceptors (Lipinski definition) is 15. The minimum atomic E-state index is -0.985. The number of anilines is 1. The summed E-state index contributed by atoms with van der Waals surface area (Å²) in [6, 6.07) is 18.6. The quantitative estimate of drug-likeness (QED) is 0.0504. The van der Waals surface area contributed by atoms with E-state index in [2.05, 4.69) is 47.2 Å². The lowest BCUT2D eigenvalue weighted by atomic mass is 9.88. The maximum absolute atomic E-state index is 16.1. The molecule has 7 atom stereocenters. The zero-order valence-corrected chi connectivity index (χ0v) is 47.1. The predicted molar refractivity (Wildman–Crippen MR) is 306 cm³/mol. The normalized spacial score (nSPS) is 20.0. The number of rotatable bonds is 20. The van der Waals surface area contributed by atoms with Gasteiger partial charge in [-0.15, -0.1) is 5.10 Å². The van der Waals surface area contributed by atoms with Crippen molar-refractivity contribution in [2.24, 2.45) is 17.8 Å². The molecule has 21 heteroatoms. The number of aliphatic hydroxyl groups excluding tert-OH is 2. The molecule has 3 saturated heterocycles. The lowest BCUT2D eigenvalue weighted by Gasteiger charge is -2.30. The van der Waals surface area contributed by atoms with Crippen molar-refractivity contribution in [2.75, 3.05) is 57.9 Å². The topological polar surface area (TPSA) is 236 Å². The summed E-state index contributed by atoms with van der Waals surface area (Å²) in [5.41, 5.74) is 8.82. The van der Waals surface area contributed by atoms with Crippen LogP contribution in [0, 0.1) is 30.5 Å². The molecule has 2 unspecified atom stereocenters. The number of aryl methyl sites for hydroxylation is 1. The molecular weight excluding hydrogens is 1050 g/mol. The number of nitrogens with one attached hydrogen (secondary N) is 3. The molecule has 3 aliphatic heterocycles. The number of benzene rings is 4. The molecule has 0 bridgehead atoms. The van der Waals surface area contributed by atoms with E-state index in [9.17, 15) is 19.8 Å². The van der Waals surface area contributed by atoms with E-state index in [4.69, 9.17) is 24.2 Å². The molecule has 0 radical (unpaired) electrons. The van der Waals surface area contributed by atoms with Crippen LogP contribution in [0.5, 0.6) is 11.8 Å². The number of methoxy groups -OCH3 is 1.